The van der Waals surface area contributed by atoms with Crippen LogP contribution in [0.2, 0.25) is 0 Å². The van der Waals surface area contributed by atoms with Gasteiger partial charge in [-0.15, -0.1) is 0 Å². The van der Waals surface area contributed by atoms with Crippen molar-refractivity contribution in [2.24, 2.45) is 0 Å². The molecule has 21 heavy (non-hydrogen) atoms. The molecule has 0 bridgehead atoms. The van der Waals surface area contributed by atoms with E-state index in [1.54, 1.807) is 0 Å². The van der Waals surface area contributed by atoms with Crippen molar-refractivity contribution in [1.82, 2.24) is 4.98 Å². The number of nitrogens with zero attached hydrogens (tertiary/aromatic N) is 1. The summed E-state index contributed by atoms with van der Waals surface area (Å²) in [5.41, 5.74) is 10.6. The summed E-state index contributed by atoms with van der Waals surface area (Å²) in [5, 5.41) is 1.16. The Hall–Kier alpha value is -2.00. The Morgan fingerprint density at radius 3 is 2.81 bits per heavy atom. The molecule has 2 aromatic carbocycles. The lowest BCUT2D eigenvalue weighted by atomic mass is 10.1. The molecular formula is C18H16N2S. The molecule has 3 aromatic rings. The van der Waals surface area contributed by atoms with Gasteiger partial charge in [0.2, 0.25) is 0 Å². The molecule has 0 amide bonds. The van der Waals surface area contributed by atoms with Crippen molar-refractivity contribution in [3.05, 3.63) is 59.8 Å². The number of pyridine rings is 1. The third-order valence-corrected chi connectivity index (χ3v) is 5.09. The zero-order valence-corrected chi connectivity index (χ0v) is 12.5. The summed E-state index contributed by atoms with van der Waals surface area (Å²) in [6, 6.07) is 14.9. The van der Waals surface area contributed by atoms with Gasteiger partial charge in [-0.25, -0.2) is 0 Å². The maximum Gasteiger partial charge on any atom is 0.0733 e. The molecule has 0 fully saturated rings. The largest absolute Gasteiger partial charge is 0.399 e. The fraction of sp³-hybridized carbons (Fsp3) is 0.167. The van der Waals surface area contributed by atoms with E-state index in [1.165, 1.54) is 40.2 Å². The first kappa shape index (κ1) is 12.7. The summed E-state index contributed by atoms with van der Waals surface area (Å²) in [6.07, 6.45) is 5.60. The van der Waals surface area contributed by atoms with E-state index in [0.717, 1.165) is 16.6 Å². The van der Waals surface area contributed by atoms with Crippen molar-refractivity contribution >= 4 is 28.4 Å². The molecule has 0 spiro atoms. The van der Waals surface area contributed by atoms with E-state index >= 15 is 0 Å². The van der Waals surface area contributed by atoms with Crippen LogP contribution in [-0.2, 0) is 12.8 Å². The molecule has 2 nitrogen and oxygen atoms in total. The zero-order valence-electron chi connectivity index (χ0n) is 11.7. The number of rotatable bonds is 2. The summed E-state index contributed by atoms with van der Waals surface area (Å²) in [7, 11) is 0. The smallest absolute Gasteiger partial charge is 0.0733 e. The van der Waals surface area contributed by atoms with Crippen LogP contribution in [0.25, 0.3) is 10.9 Å². The van der Waals surface area contributed by atoms with Crippen molar-refractivity contribution in [2.45, 2.75) is 29.1 Å². The first-order valence-electron chi connectivity index (χ1n) is 7.23. The summed E-state index contributed by atoms with van der Waals surface area (Å²) in [4.78, 5) is 6.95. The first-order valence-corrected chi connectivity index (χ1v) is 8.05. The first-order chi connectivity index (χ1) is 10.3. The highest BCUT2D eigenvalue weighted by molar-refractivity contribution is 7.99. The van der Waals surface area contributed by atoms with Gasteiger partial charge in [0, 0.05) is 27.1 Å². The van der Waals surface area contributed by atoms with Crippen LogP contribution in [0, 0.1) is 0 Å². The topological polar surface area (TPSA) is 38.9 Å². The van der Waals surface area contributed by atoms with Crippen LogP contribution in [0.5, 0.6) is 0 Å². The number of fused-ring (bicyclic) bond motifs is 2. The molecule has 104 valence electrons. The Balaban J connectivity index is 1.74. The van der Waals surface area contributed by atoms with Crippen LogP contribution >= 0.6 is 11.8 Å². The molecule has 0 saturated heterocycles. The van der Waals surface area contributed by atoms with Crippen LogP contribution in [0.3, 0.4) is 0 Å². The van der Waals surface area contributed by atoms with Gasteiger partial charge in [0.15, 0.2) is 0 Å². The number of hydrogen-bond acceptors (Lipinski definition) is 3. The van der Waals surface area contributed by atoms with Gasteiger partial charge >= 0.3 is 0 Å². The lowest BCUT2D eigenvalue weighted by molar-refractivity contribution is 0.911. The van der Waals surface area contributed by atoms with Gasteiger partial charge in [0.05, 0.1) is 5.52 Å². The van der Waals surface area contributed by atoms with Crippen LogP contribution in [0.4, 0.5) is 5.69 Å². The monoisotopic (exact) mass is 292 g/mol. The average molecular weight is 292 g/mol. The average Bonchev–Trinajstić information content (AvgIpc) is 2.95. The second kappa shape index (κ2) is 5.08. The maximum absolute atomic E-state index is 5.84. The van der Waals surface area contributed by atoms with E-state index in [1.807, 2.05) is 30.1 Å². The molecule has 2 N–H and O–H groups in total. The van der Waals surface area contributed by atoms with Crippen LogP contribution in [-0.4, -0.2) is 4.98 Å². The van der Waals surface area contributed by atoms with Crippen molar-refractivity contribution in [3.8, 4) is 0 Å². The van der Waals surface area contributed by atoms with Gasteiger partial charge < -0.3 is 5.73 Å². The van der Waals surface area contributed by atoms with E-state index in [4.69, 9.17) is 5.73 Å². The predicted octanol–water partition coefficient (Wildman–Crippen LogP) is 4.46. The Labute approximate surface area is 128 Å². The molecular weight excluding hydrogens is 276 g/mol. The number of anilines is 1. The lowest BCUT2D eigenvalue weighted by Crippen LogP contribution is -1.87. The minimum atomic E-state index is 0.759. The van der Waals surface area contributed by atoms with Crippen molar-refractivity contribution < 1.29 is 0 Å². The highest BCUT2D eigenvalue weighted by Crippen LogP contribution is 2.35. The van der Waals surface area contributed by atoms with E-state index in [9.17, 15) is 0 Å². The van der Waals surface area contributed by atoms with Crippen LogP contribution in [0.15, 0.2) is 58.5 Å². The Kier molecular flexibility index (Phi) is 3.08. The highest BCUT2D eigenvalue weighted by Gasteiger charge is 2.12. The molecule has 3 heteroatoms. The summed E-state index contributed by atoms with van der Waals surface area (Å²) < 4.78 is 0. The molecule has 1 heterocycles. The number of aromatic nitrogens is 1. The fourth-order valence-electron chi connectivity index (χ4n) is 2.97. The Morgan fingerprint density at radius 1 is 0.952 bits per heavy atom. The number of nitrogen functional groups attached to an aromatic ring is 1. The van der Waals surface area contributed by atoms with Gasteiger partial charge in [-0.3, -0.25) is 4.98 Å². The second-order valence-electron chi connectivity index (χ2n) is 5.47. The van der Waals surface area contributed by atoms with E-state index < -0.39 is 0 Å². The van der Waals surface area contributed by atoms with Gasteiger partial charge in [0.25, 0.3) is 0 Å². The van der Waals surface area contributed by atoms with Gasteiger partial charge in [-0.1, -0.05) is 17.8 Å². The summed E-state index contributed by atoms with van der Waals surface area (Å²) in [5.74, 6) is 0. The Morgan fingerprint density at radius 2 is 1.86 bits per heavy atom. The van der Waals surface area contributed by atoms with Gasteiger partial charge in [-0.05, 0) is 66.8 Å². The molecule has 0 aliphatic heterocycles. The quantitative estimate of drug-likeness (QED) is 0.709. The minimum Gasteiger partial charge on any atom is -0.399 e. The van der Waals surface area contributed by atoms with Crippen molar-refractivity contribution in [2.75, 3.05) is 5.73 Å². The third kappa shape index (κ3) is 2.38. The van der Waals surface area contributed by atoms with Gasteiger partial charge in [0.1, 0.15) is 0 Å². The van der Waals surface area contributed by atoms with Gasteiger partial charge in [-0.2, -0.15) is 0 Å². The highest BCUT2D eigenvalue weighted by atomic mass is 32.2. The van der Waals surface area contributed by atoms with Crippen molar-refractivity contribution in [1.29, 1.82) is 0 Å². The summed E-state index contributed by atoms with van der Waals surface area (Å²) in [6.45, 7) is 0. The zero-order chi connectivity index (χ0) is 14.2. The predicted molar refractivity (Wildman–Crippen MR) is 88.7 cm³/mol. The Bertz CT molecular complexity index is 827. The fourth-order valence-corrected chi connectivity index (χ4v) is 3.97. The molecule has 0 saturated carbocycles. The lowest BCUT2D eigenvalue weighted by Gasteiger charge is -2.08. The standard InChI is InChI=1S/C18H16N2S/c19-14-5-7-16-17(11-14)20-9-8-18(16)21-15-6-4-12-2-1-3-13(12)10-15/h4-11H,1-3,19H2. The summed E-state index contributed by atoms with van der Waals surface area (Å²) >= 11 is 1.81. The molecule has 0 radical (unpaired) electrons. The normalized spacial score (nSPS) is 13.5. The molecule has 1 aliphatic rings. The number of nitrogens with two attached hydrogens (primary N) is 1. The van der Waals surface area contributed by atoms with Crippen LogP contribution in [0.1, 0.15) is 17.5 Å². The van der Waals surface area contributed by atoms with E-state index in [2.05, 4.69) is 35.3 Å². The molecule has 1 aliphatic carbocycles. The maximum atomic E-state index is 5.84. The second-order valence-corrected chi connectivity index (χ2v) is 6.59. The minimum absolute atomic E-state index is 0.759. The third-order valence-electron chi connectivity index (χ3n) is 4.02. The molecule has 4 rings (SSSR count). The molecule has 0 atom stereocenters. The van der Waals surface area contributed by atoms with E-state index in [-0.39, 0.29) is 0 Å². The molecule has 0 unspecified atom stereocenters. The number of benzene rings is 2. The van der Waals surface area contributed by atoms with E-state index in [0.29, 0.717) is 0 Å². The SMILES string of the molecule is Nc1ccc2c(Sc3ccc4c(c3)CCC4)ccnc2c1. The molecule has 1 aromatic heterocycles. The number of aryl methyl sites for hydroxylation is 2. The van der Waals surface area contributed by atoms with Crippen molar-refractivity contribution in [3.63, 3.8) is 0 Å². The number of hydrogen-bond donors (Lipinski definition) is 1. The van der Waals surface area contributed by atoms with Crippen LogP contribution < -0.4 is 5.73 Å².